The zero-order chi connectivity index (χ0) is 15.7. The Labute approximate surface area is 127 Å². The Morgan fingerprint density at radius 1 is 1.41 bits per heavy atom. The molecule has 2 aliphatic rings. The second-order valence-electron chi connectivity index (χ2n) is 5.34. The molecule has 1 aliphatic carbocycles. The first-order chi connectivity index (χ1) is 10.6. The first-order valence-corrected chi connectivity index (χ1v) is 7.21. The number of imide groups is 1. The van der Waals surface area contributed by atoms with Crippen molar-refractivity contribution < 1.29 is 19.2 Å². The molecular formula is C15H17N3O4. The van der Waals surface area contributed by atoms with Crippen molar-refractivity contribution in [3.63, 3.8) is 0 Å². The predicted octanol–water partition coefficient (Wildman–Crippen LogP) is 0.448. The van der Waals surface area contributed by atoms with Gasteiger partial charge in [0.05, 0.1) is 6.61 Å². The number of amides is 4. The SMILES string of the molecule is CCONC(=O)CN1C(=O)NC2(CCc3ccccc32)C1=O. The van der Waals surface area contributed by atoms with E-state index in [1.165, 1.54) is 0 Å². The molecule has 0 radical (unpaired) electrons. The quantitative estimate of drug-likeness (QED) is 0.624. The second-order valence-corrected chi connectivity index (χ2v) is 5.34. The van der Waals surface area contributed by atoms with E-state index in [9.17, 15) is 14.4 Å². The Kier molecular flexibility index (Phi) is 3.58. The lowest BCUT2D eigenvalue weighted by atomic mass is 9.92. The Morgan fingerprint density at radius 2 is 2.18 bits per heavy atom. The average Bonchev–Trinajstić information content (AvgIpc) is 3.00. The summed E-state index contributed by atoms with van der Waals surface area (Å²) < 4.78 is 0. The van der Waals surface area contributed by atoms with Crippen LogP contribution in [0.4, 0.5) is 4.79 Å². The molecule has 1 spiro atoms. The normalized spacial score (nSPS) is 22.9. The van der Waals surface area contributed by atoms with Crippen LogP contribution in [0, 0.1) is 0 Å². The molecule has 7 heteroatoms. The van der Waals surface area contributed by atoms with Gasteiger partial charge in [0.1, 0.15) is 12.1 Å². The van der Waals surface area contributed by atoms with Gasteiger partial charge in [0.25, 0.3) is 11.8 Å². The summed E-state index contributed by atoms with van der Waals surface area (Å²) in [6.07, 6.45) is 1.24. The molecule has 2 N–H and O–H groups in total. The number of hydrogen-bond donors (Lipinski definition) is 2. The molecule has 1 heterocycles. The fourth-order valence-corrected chi connectivity index (χ4v) is 3.06. The number of carbonyl (C=O) groups is 3. The number of nitrogens with one attached hydrogen (secondary N) is 2. The summed E-state index contributed by atoms with van der Waals surface area (Å²) in [5.41, 5.74) is 3.03. The van der Waals surface area contributed by atoms with E-state index in [-0.39, 0.29) is 12.5 Å². The first kappa shape index (κ1) is 14.5. The van der Waals surface area contributed by atoms with Crippen molar-refractivity contribution in [3.8, 4) is 0 Å². The summed E-state index contributed by atoms with van der Waals surface area (Å²) in [7, 11) is 0. The highest BCUT2D eigenvalue weighted by Crippen LogP contribution is 2.41. The van der Waals surface area contributed by atoms with Crippen molar-refractivity contribution in [3.05, 3.63) is 35.4 Å². The third kappa shape index (κ3) is 2.14. The third-order valence-corrected chi connectivity index (χ3v) is 4.05. The van der Waals surface area contributed by atoms with Gasteiger partial charge >= 0.3 is 6.03 Å². The molecule has 3 rings (SSSR count). The van der Waals surface area contributed by atoms with Crippen LogP contribution >= 0.6 is 0 Å². The summed E-state index contributed by atoms with van der Waals surface area (Å²) in [5, 5.41) is 2.76. The van der Waals surface area contributed by atoms with Crippen molar-refractivity contribution in [1.29, 1.82) is 0 Å². The van der Waals surface area contributed by atoms with Crippen molar-refractivity contribution in [2.75, 3.05) is 13.2 Å². The first-order valence-electron chi connectivity index (χ1n) is 7.21. The minimum atomic E-state index is -1.03. The fourth-order valence-electron chi connectivity index (χ4n) is 3.06. The smallest absolute Gasteiger partial charge is 0.319 e. The second kappa shape index (κ2) is 5.42. The molecule has 0 aromatic heterocycles. The van der Waals surface area contributed by atoms with Gasteiger partial charge in [-0.3, -0.25) is 19.3 Å². The molecule has 1 aromatic rings. The van der Waals surface area contributed by atoms with Crippen LogP contribution in [0.15, 0.2) is 24.3 Å². The number of aryl methyl sites for hydroxylation is 1. The molecule has 1 atom stereocenters. The molecule has 0 bridgehead atoms. The highest BCUT2D eigenvalue weighted by molar-refractivity contribution is 6.09. The van der Waals surface area contributed by atoms with Crippen LogP contribution in [0.3, 0.4) is 0 Å². The van der Waals surface area contributed by atoms with Gasteiger partial charge in [0.15, 0.2) is 0 Å². The lowest BCUT2D eigenvalue weighted by Crippen LogP contribution is -2.43. The molecule has 1 aromatic carbocycles. The van der Waals surface area contributed by atoms with Gasteiger partial charge < -0.3 is 5.32 Å². The fraction of sp³-hybridized carbons (Fsp3) is 0.400. The lowest BCUT2D eigenvalue weighted by molar-refractivity contribution is -0.140. The van der Waals surface area contributed by atoms with E-state index in [1.807, 2.05) is 24.3 Å². The Morgan fingerprint density at radius 3 is 2.95 bits per heavy atom. The highest BCUT2D eigenvalue weighted by Gasteiger charge is 2.55. The maximum Gasteiger partial charge on any atom is 0.325 e. The van der Waals surface area contributed by atoms with Crippen molar-refractivity contribution in [1.82, 2.24) is 15.7 Å². The monoisotopic (exact) mass is 303 g/mol. The zero-order valence-corrected chi connectivity index (χ0v) is 12.2. The number of benzene rings is 1. The van der Waals surface area contributed by atoms with Gasteiger partial charge in [-0.25, -0.2) is 10.3 Å². The number of rotatable bonds is 4. The number of urea groups is 1. The van der Waals surface area contributed by atoms with Gasteiger partial charge in [0.2, 0.25) is 0 Å². The van der Waals surface area contributed by atoms with Gasteiger partial charge in [-0.15, -0.1) is 0 Å². The van der Waals surface area contributed by atoms with Crippen LogP contribution in [-0.4, -0.2) is 35.9 Å². The highest BCUT2D eigenvalue weighted by atomic mass is 16.6. The van der Waals surface area contributed by atoms with E-state index in [0.717, 1.165) is 22.4 Å². The number of hydroxylamine groups is 1. The summed E-state index contributed by atoms with van der Waals surface area (Å²) in [6.45, 7) is 1.68. The molecule has 116 valence electrons. The summed E-state index contributed by atoms with van der Waals surface area (Å²) in [4.78, 5) is 42.3. The van der Waals surface area contributed by atoms with E-state index in [4.69, 9.17) is 4.84 Å². The Balaban J connectivity index is 1.82. The molecule has 1 saturated heterocycles. The van der Waals surface area contributed by atoms with Gasteiger partial charge in [0, 0.05) is 0 Å². The molecule has 1 aliphatic heterocycles. The summed E-state index contributed by atoms with van der Waals surface area (Å²) in [5.74, 6) is -0.914. The summed E-state index contributed by atoms with van der Waals surface area (Å²) in [6, 6.07) is 7.01. The van der Waals surface area contributed by atoms with E-state index in [1.54, 1.807) is 6.92 Å². The van der Waals surface area contributed by atoms with E-state index in [2.05, 4.69) is 10.8 Å². The molecule has 7 nitrogen and oxygen atoms in total. The van der Waals surface area contributed by atoms with Gasteiger partial charge in [-0.2, -0.15) is 0 Å². The molecule has 22 heavy (non-hydrogen) atoms. The number of fused-ring (bicyclic) bond motifs is 2. The maximum atomic E-state index is 12.7. The summed E-state index contributed by atoms with van der Waals surface area (Å²) >= 11 is 0. The predicted molar refractivity (Wildman–Crippen MR) is 76.5 cm³/mol. The lowest BCUT2D eigenvalue weighted by Gasteiger charge is -2.22. The van der Waals surface area contributed by atoms with Crippen molar-refractivity contribution in [2.24, 2.45) is 0 Å². The molecule has 0 saturated carbocycles. The number of carbonyl (C=O) groups excluding carboxylic acids is 3. The van der Waals surface area contributed by atoms with Crippen molar-refractivity contribution in [2.45, 2.75) is 25.3 Å². The average molecular weight is 303 g/mol. The Bertz CT molecular complexity index is 645. The molecule has 4 amide bonds. The van der Waals surface area contributed by atoms with Crippen molar-refractivity contribution >= 4 is 17.8 Å². The van der Waals surface area contributed by atoms with Crippen LogP contribution < -0.4 is 10.8 Å². The molecule has 1 unspecified atom stereocenters. The third-order valence-electron chi connectivity index (χ3n) is 4.05. The minimum absolute atomic E-state index is 0.309. The van der Waals surface area contributed by atoms with Gasteiger partial charge in [-0.05, 0) is 30.9 Å². The zero-order valence-electron chi connectivity index (χ0n) is 12.2. The van der Waals surface area contributed by atoms with E-state index >= 15 is 0 Å². The van der Waals surface area contributed by atoms with Crippen LogP contribution in [0.5, 0.6) is 0 Å². The van der Waals surface area contributed by atoms with Crippen LogP contribution in [0.25, 0.3) is 0 Å². The largest absolute Gasteiger partial charge is 0.325 e. The topological polar surface area (TPSA) is 87.7 Å². The maximum absolute atomic E-state index is 12.7. The minimum Gasteiger partial charge on any atom is -0.319 e. The van der Waals surface area contributed by atoms with Gasteiger partial charge in [-0.1, -0.05) is 24.3 Å². The Hall–Kier alpha value is -2.41. The van der Waals surface area contributed by atoms with Crippen LogP contribution in [0.1, 0.15) is 24.5 Å². The van der Waals surface area contributed by atoms with E-state index in [0.29, 0.717) is 13.0 Å². The number of nitrogens with zero attached hydrogens (tertiary/aromatic N) is 1. The van der Waals surface area contributed by atoms with Crippen LogP contribution in [-0.2, 0) is 26.4 Å². The van der Waals surface area contributed by atoms with Crippen LogP contribution in [0.2, 0.25) is 0 Å². The molecule has 1 fully saturated rings. The van der Waals surface area contributed by atoms with E-state index < -0.39 is 17.5 Å². The molecular weight excluding hydrogens is 286 g/mol. The number of hydrogen-bond acceptors (Lipinski definition) is 4. The standard InChI is InChI=1S/C15H17N3O4/c1-2-22-17-12(19)9-18-13(20)15(16-14(18)21)8-7-10-5-3-4-6-11(10)15/h3-6H,2,7-9H2,1H3,(H,16,21)(H,17,19).